The molecule has 1 fully saturated rings. The molecule has 27 heavy (non-hydrogen) atoms. The van der Waals surface area contributed by atoms with Crippen LogP contribution in [0.15, 0.2) is 30.6 Å². The van der Waals surface area contributed by atoms with Crippen LogP contribution in [0.25, 0.3) is 5.65 Å². The van der Waals surface area contributed by atoms with Crippen molar-refractivity contribution in [1.29, 1.82) is 0 Å². The average Bonchev–Trinajstić information content (AvgIpc) is 3.15. The highest BCUT2D eigenvalue weighted by molar-refractivity contribution is 5.72. The summed E-state index contributed by atoms with van der Waals surface area (Å²) in [5, 5.41) is 12.9. The van der Waals surface area contributed by atoms with E-state index in [1.54, 1.807) is 18.0 Å². The lowest BCUT2D eigenvalue weighted by Gasteiger charge is -2.35. The quantitative estimate of drug-likeness (QED) is 0.691. The third-order valence-electron chi connectivity index (χ3n) is 5.26. The predicted octanol–water partition coefficient (Wildman–Crippen LogP) is 3.05. The van der Waals surface area contributed by atoms with Crippen LogP contribution in [0.5, 0.6) is 11.5 Å². The molecular weight excluding hydrogens is 342 g/mol. The number of ether oxygens (including phenoxy) is 2. The van der Waals surface area contributed by atoms with Gasteiger partial charge in [0.2, 0.25) is 5.65 Å². The van der Waals surface area contributed by atoms with Crippen molar-refractivity contribution in [2.24, 2.45) is 5.92 Å². The van der Waals surface area contributed by atoms with E-state index in [9.17, 15) is 0 Å². The van der Waals surface area contributed by atoms with E-state index in [2.05, 4.69) is 27.1 Å². The van der Waals surface area contributed by atoms with Crippen LogP contribution in [-0.2, 0) is 0 Å². The van der Waals surface area contributed by atoms with Crippen LogP contribution >= 0.6 is 0 Å². The molecule has 1 unspecified atom stereocenters. The molecule has 1 atom stereocenters. The van der Waals surface area contributed by atoms with Gasteiger partial charge in [-0.15, -0.1) is 10.2 Å². The van der Waals surface area contributed by atoms with E-state index >= 15 is 0 Å². The van der Waals surface area contributed by atoms with Gasteiger partial charge in [-0.2, -0.15) is 9.61 Å². The molecule has 1 saturated heterocycles. The summed E-state index contributed by atoms with van der Waals surface area (Å²) in [4.78, 5) is 2.41. The summed E-state index contributed by atoms with van der Waals surface area (Å²) < 4.78 is 13.1. The second kappa shape index (κ2) is 7.42. The van der Waals surface area contributed by atoms with Crippen LogP contribution in [0, 0.1) is 19.8 Å². The molecule has 4 rings (SSSR count). The molecule has 0 saturated carbocycles. The van der Waals surface area contributed by atoms with Gasteiger partial charge >= 0.3 is 0 Å². The Balaban J connectivity index is 1.50. The lowest BCUT2D eigenvalue weighted by atomic mass is 9.98. The molecule has 7 nitrogen and oxygen atoms in total. The van der Waals surface area contributed by atoms with Crippen molar-refractivity contribution in [2.45, 2.75) is 26.7 Å². The molecular formula is C20H25N5O2. The Morgan fingerprint density at radius 2 is 2.07 bits per heavy atom. The first-order valence-electron chi connectivity index (χ1n) is 9.34. The molecule has 1 aliphatic rings. The summed E-state index contributed by atoms with van der Waals surface area (Å²) in [7, 11) is 1.67. The second-order valence-corrected chi connectivity index (χ2v) is 7.10. The summed E-state index contributed by atoms with van der Waals surface area (Å²) in [6, 6.07) is 7.77. The number of benzene rings is 1. The minimum absolute atomic E-state index is 0.459. The summed E-state index contributed by atoms with van der Waals surface area (Å²) >= 11 is 0. The van der Waals surface area contributed by atoms with Gasteiger partial charge in [0.15, 0.2) is 0 Å². The van der Waals surface area contributed by atoms with E-state index in [0.717, 1.165) is 54.5 Å². The highest BCUT2D eigenvalue weighted by Gasteiger charge is 2.25. The number of anilines is 1. The maximum atomic E-state index is 6.05. The van der Waals surface area contributed by atoms with E-state index in [1.165, 1.54) is 5.56 Å². The molecule has 0 aliphatic carbocycles. The zero-order valence-electron chi connectivity index (χ0n) is 16.1. The molecule has 142 valence electrons. The van der Waals surface area contributed by atoms with E-state index < -0.39 is 0 Å². The highest BCUT2D eigenvalue weighted by atomic mass is 16.5. The van der Waals surface area contributed by atoms with Crippen molar-refractivity contribution in [2.75, 3.05) is 31.7 Å². The van der Waals surface area contributed by atoms with Gasteiger partial charge in [0, 0.05) is 25.1 Å². The van der Waals surface area contributed by atoms with Crippen molar-refractivity contribution in [3.05, 3.63) is 41.9 Å². The average molecular weight is 367 g/mol. The van der Waals surface area contributed by atoms with Crippen molar-refractivity contribution < 1.29 is 9.47 Å². The molecule has 0 amide bonds. The Hall–Kier alpha value is -2.83. The van der Waals surface area contributed by atoms with Gasteiger partial charge in [-0.25, -0.2) is 0 Å². The number of hydrogen-bond donors (Lipinski definition) is 0. The molecule has 1 aliphatic heterocycles. The standard InChI is InChI=1S/C20H25N5O2/c1-14-15(2)23-25-13-21-22-20(25)19(14)24-9-5-6-16(11-24)12-27-18-8-4-7-17(10-18)26-3/h4,7-8,10,13,16H,5-6,9,11-12H2,1-3H3. The molecule has 1 aromatic carbocycles. The predicted molar refractivity (Wildman–Crippen MR) is 104 cm³/mol. The van der Waals surface area contributed by atoms with Crippen molar-refractivity contribution in [3.8, 4) is 11.5 Å². The smallest absolute Gasteiger partial charge is 0.201 e. The third-order valence-corrected chi connectivity index (χ3v) is 5.26. The number of aryl methyl sites for hydroxylation is 1. The lowest BCUT2D eigenvalue weighted by Crippen LogP contribution is -2.38. The SMILES string of the molecule is COc1cccc(OCC2CCCN(c3c(C)c(C)nn4cnnc34)C2)c1. The Labute approximate surface area is 158 Å². The fourth-order valence-corrected chi connectivity index (χ4v) is 3.72. The minimum Gasteiger partial charge on any atom is -0.497 e. The van der Waals surface area contributed by atoms with Gasteiger partial charge in [0.05, 0.1) is 25.1 Å². The molecule has 7 heteroatoms. The largest absolute Gasteiger partial charge is 0.497 e. The molecule has 0 N–H and O–H groups in total. The molecule has 0 bridgehead atoms. The van der Waals surface area contributed by atoms with Crippen LogP contribution < -0.4 is 14.4 Å². The first-order valence-corrected chi connectivity index (χ1v) is 9.34. The van der Waals surface area contributed by atoms with Crippen LogP contribution in [-0.4, -0.2) is 46.6 Å². The maximum absolute atomic E-state index is 6.05. The lowest BCUT2D eigenvalue weighted by molar-refractivity contribution is 0.228. The van der Waals surface area contributed by atoms with Gasteiger partial charge in [-0.1, -0.05) is 6.07 Å². The Bertz CT molecular complexity index is 939. The van der Waals surface area contributed by atoms with E-state index in [-0.39, 0.29) is 0 Å². The number of rotatable bonds is 5. The topological polar surface area (TPSA) is 64.8 Å². The summed E-state index contributed by atoms with van der Waals surface area (Å²) in [6.07, 6.45) is 3.96. The van der Waals surface area contributed by atoms with Crippen LogP contribution in [0.2, 0.25) is 0 Å². The zero-order valence-corrected chi connectivity index (χ0v) is 16.1. The fraction of sp³-hybridized carbons (Fsp3) is 0.450. The number of aromatic nitrogens is 4. The molecule has 3 heterocycles. The molecule has 2 aromatic heterocycles. The fourth-order valence-electron chi connectivity index (χ4n) is 3.72. The normalized spacial score (nSPS) is 17.3. The van der Waals surface area contributed by atoms with Gasteiger partial charge < -0.3 is 14.4 Å². The number of methoxy groups -OCH3 is 1. The monoisotopic (exact) mass is 367 g/mol. The zero-order chi connectivity index (χ0) is 18.8. The van der Waals surface area contributed by atoms with Crippen LogP contribution in [0.4, 0.5) is 5.69 Å². The highest BCUT2D eigenvalue weighted by Crippen LogP contribution is 2.30. The first kappa shape index (κ1) is 17.6. The molecule has 0 spiro atoms. The van der Waals surface area contributed by atoms with Gasteiger partial charge in [-0.3, -0.25) is 0 Å². The maximum Gasteiger partial charge on any atom is 0.201 e. The number of piperidine rings is 1. The molecule has 0 radical (unpaired) electrons. The van der Waals surface area contributed by atoms with Gasteiger partial charge in [0.25, 0.3) is 0 Å². The Morgan fingerprint density at radius 3 is 2.93 bits per heavy atom. The van der Waals surface area contributed by atoms with Crippen LogP contribution in [0.1, 0.15) is 24.1 Å². The first-order chi connectivity index (χ1) is 13.2. The van der Waals surface area contributed by atoms with E-state index in [1.807, 2.05) is 31.2 Å². The van der Waals surface area contributed by atoms with Gasteiger partial charge in [-0.05, 0) is 44.4 Å². The van der Waals surface area contributed by atoms with Crippen molar-refractivity contribution in [1.82, 2.24) is 19.8 Å². The van der Waals surface area contributed by atoms with E-state index in [0.29, 0.717) is 12.5 Å². The number of fused-ring (bicyclic) bond motifs is 1. The second-order valence-electron chi connectivity index (χ2n) is 7.10. The number of hydrogen-bond acceptors (Lipinski definition) is 6. The van der Waals surface area contributed by atoms with E-state index in [4.69, 9.17) is 9.47 Å². The Kier molecular flexibility index (Phi) is 4.83. The van der Waals surface area contributed by atoms with Crippen molar-refractivity contribution >= 4 is 11.3 Å². The summed E-state index contributed by atoms with van der Waals surface area (Å²) in [6.45, 7) is 6.79. The third kappa shape index (κ3) is 3.54. The molecule has 3 aromatic rings. The summed E-state index contributed by atoms with van der Waals surface area (Å²) in [5.74, 6) is 2.12. The summed E-state index contributed by atoms with van der Waals surface area (Å²) in [5.41, 5.74) is 4.15. The van der Waals surface area contributed by atoms with Crippen LogP contribution in [0.3, 0.4) is 0 Å². The van der Waals surface area contributed by atoms with Gasteiger partial charge in [0.1, 0.15) is 17.8 Å². The minimum atomic E-state index is 0.459. The Morgan fingerprint density at radius 1 is 1.22 bits per heavy atom. The number of nitrogens with zero attached hydrogens (tertiary/aromatic N) is 5. The van der Waals surface area contributed by atoms with Crippen molar-refractivity contribution in [3.63, 3.8) is 0 Å².